The molecule has 32 heavy (non-hydrogen) atoms. The third-order valence-electron chi connectivity index (χ3n) is 5.22. The summed E-state index contributed by atoms with van der Waals surface area (Å²) in [6, 6.07) is 27.4. The number of halogens is 2. The average Bonchev–Trinajstić information content (AvgIpc) is 2.80. The van der Waals surface area contributed by atoms with Crippen molar-refractivity contribution in [3.63, 3.8) is 0 Å². The first kappa shape index (κ1) is 22.2. The molecule has 0 bridgehead atoms. The zero-order valence-corrected chi connectivity index (χ0v) is 18.8. The maximum absolute atomic E-state index is 13.7. The maximum atomic E-state index is 13.7. The molecule has 162 valence electrons. The molecular formula is C26H22F2N2S2. The van der Waals surface area contributed by atoms with E-state index in [1.165, 1.54) is 24.3 Å². The number of nitrogens with one attached hydrogen (secondary N) is 2. The standard InChI is InChI=1S/C26H22F2N2S2/c27-19-13-9-17(10-14-19)25(29-21-5-1-3-7-23(21)31)26(18-11-15-20(28)16-12-18)30-22-6-2-4-8-24(22)32/h1-16,25-26,29-32H. The highest BCUT2D eigenvalue weighted by Crippen LogP contribution is 2.37. The number of rotatable bonds is 7. The van der Waals surface area contributed by atoms with Gasteiger partial charge in [-0.15, -0.1) is 25.3 Å². The fraction of sp³-hybridized carbons (Fsp3) is 0.0769. The lowest BCUT2D eigenvalue weighted by Gasteiger charge is -2.32. The molecule has 6 heteroatoms. The number of anilines is 2. The van der Waals surface area contributed by atoms with E-state index >= 15 is 0 Å². The van der Waals surface area contributed by atoms with Gasteiger partial charge in [-0.1, -0.05) is 48.5 Å². The molecule has 0 aliphatic heterocycles. The number of thiol groups is 2. The minimum Gasteiger partial charge on any atom is -0.375 e. The SMILES string of the molecule is Fc1ccc(C(Nc2ccccc2S)C(Nc2ccccc2S)c2ccc(F)cc2)cc1. The van der Waals surface area contributed by atoms with E-state index in [1.54, 1.807) is 24.3 Å². The minimum atomic E-state index is -0.331. The van der Waals surface area contributed by atoms with Gasteiger partial charge >= 0.3 is 0 Å². The first-order valence-corrected chi connectivity index (χ1v) is 11.0. The summed E-state index contributed by atoms with van der Waals surface area (Å²) >= 11 is 9.16. The van der Waals surface area contributed by atoms with Crippen LogP contribution in [0.2, 0.25) is 0 Å². The predicted molar refractivity (Wildman–Crippen MR) is 133 cm³/mol. The van der Waals surface area contributed by atoms with E-state index < -0.39 is 0 Å². The largest absolute Gasteiger partial charge is 0.375 e. The number of para-hydroxylation sites is 2. The molecule has 4 rings (SSSR count). The van der Waals surface area contributed by atoms with Crippen molar-refractivity contribution in [2.24, 2.45) is 0 Å². The fourth-order valence-corrected chi connectivity index (χ4v) is 4.04. The Hall–Kier alpha value is -2.96. The van der Waals surface area contributed by atoms with Gasteiger partial charge in [0, 0.05) is 21.2 Å². The third kappa shape index (κ3) is 5.26. The molecule has 4 aromatic carbocycles. The molecule has 0 saturated heterocycles. The summed E-state index contributed by atoms with van der Waals surface area (Å²) in [4.78, 5) is 1.57. The van der Waals surface area contributed by atoms with Crippen molar-refractivity contribution in [3.8, 4) is 0 Å². The number of benzene rings is 4. The molecule has 0 aliphatic carbocycles. The molecule has 4 aromatic rings. The summed E-state index contributed by atoms with van der Waals surface area (Å²) in [5.41, 5.74) is 3.39. The Balaban J connectivity index is 1.82. The molecule has 2 unspecified atom stereocenters. The van der Waals surface area contributed by atoms with Crippen molar-refractivity contribution >= 4 is 36.6 Å². The van der Waals surface area contributed by atoms with Gasteiger partial charge in [0.2, 0.25) is 0 Å². The number of hydrogen-bond donors (Lipinski definition) is 4. The van der Waals surface area contributed by atoms with Gasteiger partial charge in [-0.05, 0) is 59.7 Å². The summed E-state index contributed by atoms with van der Waals surface area (Å²) in [5, 5.41) is 7.11. The molecule has 0 amide bonds. The van der Waals surface area contributed by atoms with Crippen molar-refractivity contribution in [2.45, 2.75) is 21.9 Å². The van der Waals surface area contributed by atoms with Gasteiger partial charge in [0.05, 0.1) is 12.1 Å². The Morgan fingerprint density at radius 2 is 0.844 bits per heavy atom. The Morgan fingerprint density at radius 3 is 1.19 bits per heavy atom. The molecule has 0 radical (unpaired) electrons. The highest BCUT2D eigenvalue weighted by atomic mass is 32.1. The Labute approximate surface area is 197 Å². The maximum Gasteiger partial charge on any atom is 0.123 e. The van der Waals surface area contributed by atoms with E-state index in [-0.39, 0.29) is 23.7 Å². The second-order valence-electron chi connectivity index (χ2n) is 7.38. The van der Waals surface area contributed by atoms with Crippen LogP contribution in [0.3, 0.4) is 0 Å². The van der Waals surface area contributed by atoms with Crippen LogP contribution in [0, 0.1) is 11.6 Å². The van der Waals surface area contributed by atoms with Crippen LogP contribution in [0.5, 0.6) is 0 Å². The van der Waals surface area contributed by atoms with Gasteiger partial charge in [-0.25, -0.2) is 8.78 Å². The zero-order valence-electron chi connectivity index (χ0n) is 17.0. The molecule has 0 saturated carbocycles. The second-order valence-corrected chi connectivity index (χ2v) is 8.35. The van der Waals surface area contributed by atoms with E-state index in [0.29, 0.717) is 0 Å². The lowest BCUT2D eigenvalue weighted by atomic mass is 9.92. The molecule has 0 aromatic heterocycles. The van der Waals surface area contributed by atoms with Gasteiger partial charge in [0.15, 0.2) is 0 Å². The second kappa shape index (κ2) is 10.1. The van der Waals surface area contributed by atoms with Crippen molar-refractivity contribution in [3.05, 3.63) is 120 Å². The molecule has 2 atom stereocenters. The van der Waals surface area contributed by atoms with Gasteiger partial charge in [-0.2, -0.15) is 0 Å². The predicted octanol–water partition coefficient (Wildman–Crippen LogP) is 7.55. The Morgan fingerprint density at radius 1 is 0.500 bits per heavy atom. The van der Waals surface area contributed by atoms with Crippen LogP contribution >= 0.6 is 25.3 Å². The van der Waals surface area contributed by atoms with E-state index in [4.69, 9.17) is 0 Å². The summed E-state index contributed by atoms with van der Waals surface area (Å²) in [6.07, 6.45) is 0. The van der Waals surface area contributed by atoms with Gasteiger partial charge in [0.25, 0.3) is 0 Å². The smallest absolute Gasteiger partial charge is 0.123 e. The monoisotopic (exact) mass is 464 g/mol. The summed E-state index contributed by atoms with van der Waals surface area (Å²) in [6.45, 7) is 0. The highest BCUT2D eigenvalue weighted by Gasteiger charge is 2.26. The fourth-order valence-electron chi connectivity index (χ4n) is 3.58. The van der Waals surface area contributed by atoms with Crippen LogP contribution < -0.4 is 10.6 Å². The quantitative estimate of drug-likeness (QED) is 0.212. The summed E-state index contributed by atoms with van der Waals surface area (Å²) in [7, 11) is 0. The Bertz CT molecular complexity index is 1090. The lowest BCUT2D eigenvalue weighted by molar-refractivity contribution is 0.612. The molecule has 0 spiro atoms. The van der Waals surface area contributed by atoms with Crippen molar-refractivity contribution in [2.75, 3.05) is 10.6 Å². The molecule has 0 fully saturated rings. The molecule has 2 nitrogen and oxygen atoms in total. The van der Waals surface area contributed by atoms with Crippen molar-refractivity contribution in [1.82, 2.24) is 0 Å². The van der Waals surface area contributed by atoms with E-state index in [0.717, 1.165) is 32.3 Å². The average molecular weight is 465 g/mol. The Kier molecular flexibility index (Phi) is 7.02. The van der Waals surface area contributed by atoms with Crippen LogP contribution in [0.1, 0.15) is 23.2 Å². The third-order valence-corrected chi connectivity index (χ3v) is 6.00. The van der Waals surface area contributed by atoms with E-state index in [1.807, 2.05) is 48.5 Å². The van der Waals surface area contributed by atoms with Gasteiger partial charge in [0.1, 0.15) is 11.6 Å². The highest BCUT2D eigenvalue weighted by molar-refractivity contribution is 7.80. The van der Waals surface area contributed by atoms with Crippen LogP contribution in [0.15, 0.2) is 107 Å². The molecular weight excluding hydrogens is 442 g/mol. The molecule has 0 aliphatic rings. The number of hydrogen-bond acceptors (Lipinski definition) is 4. The van der Waals surface area contributed by atoms with E-state index in [9.17, 15) is 8.78 Å². The summed E-state index contributed by atoms with van der Waals surface area (Å²) < 4.78 is 27.4. The topological polar surface area (TPSA) is 24.1 Å². The van der Waals surface area contributed by atoms with Crippen molar-refractivity contribution in [1.29, 1.82) is 0 Å². The van der Waals surface area contributed by atoms with Crippen molar-refractivity contribution < 1.29 is 8.78 Å². The van der Waals surface area contributed by atoms with Gasteiger partial charge in [-0.3, -0.25) is 0 Å². The normalized spacial score (nSPS) is 12.8. The first-order valence-electron chi connectivity index (χ1n) is 10.1. The molecule has 0 heterocycles. The van der Waals surface area contributed by atoms with E-state index in [2.05, 4.69) is 35.9 Å². The van der Waals surface area contributed by atoms with Crippen LogP contribution in [-0.2, 0) is 0 Å². The van der Waals surface area contributed by atoms with Crippen LogP contribution in [0.4, 0.5) is 20.2 Å². The first-order chi connectivity index (χ1) is 15.5. The molecule has 2 N–H and O–H groups in total. The minimum absolute atomic E-state index is 0.311. The van der Waals surface area contributed by atoms with Crippen LogP contribution in [0.25, 0.3) is 0 Å². The van der Waals surface area contributed by atoms with Crippen LogP contribution in [-0.4, -0.2) is 0 Å². The summed E-state index contributed by atoms with van der Waals surface area (Å²) in [5.74, 6) is -0.622. The lowest BCUT2D eigenvalue weighted by Crippen LogP contribution is -2.26. The van der Waals surface area contributed by atoms with Gasteiger partial charge < -0.3 is 10.6 Å². The zero-order chi connectivity index (χ0) is 22.5.